The fraction of sp³-hybridized carbons (Fsp3) is 0.625. The maximum atomic E-state index is 5.18. The third-order valence-electron chi connectivity index (χ3n) is 3.92. The Balaban J connectivity index is 1.66. The molecule has 1 aromatic rings. The first-order valence-electron chi connectivity index (χ1n) is 7.39. The Bertz CT molecular complexity index is 358. The number of likely N-dealkylation sites (tertiary alicyclic amines) is 1. The van der Waals surface area contributed by atoms with Crippen molar-refractivity contribution in [1.29, 1.82) is 0 Å². The molecule has 0 radical (unpaired) electrons. The van der Waals surface area contributed by atoms with Gasteiger partial charge in [-0.05, 0) is 70.1 Å². The summed E-state index contributed by atoms with van der Waals surface area (Å²) in [5.41, 5.74) is 1.32. The Kier molecular flexibility index (Phi) is 5.67. The van der Waals surface area contributed by atoms with E-state index in [1.54, 1.807) is 7.11 Å². The van der Waals surface area contributed by atoms with Crippen molar-refractivity contribution in [3.8, 4) is 5.75 Å². The van der Waals surface area contributed by atoms with E-state index in [0.29, 0.717) is 6.04 Å². The van der Waals surface area contributed by atoms with Gasteiger partial charge in [0.15, 0.2) is 0 Å². The topological polar surface area (TPSA) is 24.5 Å². The molecule has 0 aromatic heterocycles. The molecule has 1 aliphatic rings. The van der Waals surface area contributed by atoms with E-state index in [1.165, 1.54) is 44.5 Å². The van der Waals surface area contributed by atoms with Crippen LogP contribution in [0.2, 0.25) is 0 Å². The molecule has 1 saturated heterocycles. The Hall–Kier alpha value is -1.06. The Labute approximate surface area is 116 Å². The molecule has 106 valence electrons. The lowest BCUT2D eigenvalue weighted by Gasteiger charge is -2.17. The number of rotatable bonds is 7. The molecule has 1 fully saturated rings. The van der Waals surface area contributed by atoms with Crippen molar-refractivity contribution >= 4 is 0 Å². The molecule has 1 aliphatic heterocycles. The second-order valence-electron chi connectivity index (χ2n) is 5.35. The van der Waals surface area contributed by atoms with E-state index in [0.717, 1.165) is 12.3 Å². The summed E-state index contributed by atoms with van der Waals surface area (Å²) >= 11 is 0. The van der Waals surface area contributed by atoms with Crippen molar-refractivity contribution < 1.29 is 4.74 Å². The highest BCUT2D eigenvalue weighted by Gasteiger charge is 2.10. The summed E-state index contributed by atoms with van der Waals surface area (Å²) < 4.78 is 5.18. The zero-order valence-electron chi connectivity index (χ0n) is 12.2. The third-order valence-corrected chi connectivity index (χ3v) is 3.92. The first kappa shape index (κ1) is 14.4. The minimum atomic E-state index is 0.407. The van der Waals surface area contributed by atoms with Crippen LogP contribution in [0.3, 0.4) is 0 Å². The minimum absolute atomic E-state index is 0.407. The quantitative estimate of drug-likeness (QED) is 0.765. The van der Waals surface area contributed by atoms with Crippen LogP contribution in [0.5, 0.6) is 5.75 Å². The molecule has 1 N–H and O–H groups in total. The summed E-state index contributed by atoms with van der Waals surface area (Å²) in [6.07, 6.45) is 4.01. The van der Waals surface area contributed by atoms with Crippen LogP contribution in [-0.2, 0) is 0 Å². The van der Waals surface area contributed by atoms with Crippen LogP contribution in [0.25, 0.3) is 0 Å². The van der Waals surface area contributed by atoms with Gasteiger partial charge in [0, 0.05) is 6.04 Å². The Morgan fingerprint density at radius 1 is 1.21 bits per heavy atom. The summed E-state index contributed by atoms with van der Waals surface area (Å²) in [5, 5.41) is 3.59. The summed E-state index contributed by atoms with van der Waals surface area (Å²) in [5.74, 6) is 0.921. The van der Waals surface area contributed by atoms with Crippen LogP contribution < -0.4 is 10.1 Å². The first-order valence-corrected chi connectivity index (χ1v) is 7.39. The van der Waals surface area contributed by atoms with E-state index < -0.39 is 0 Å². The van der Waals surface area contributed by atoms with Crippen molar-refractivity contribution in [2.45, 2.75) is 32.2 Å². The van der Waals surface area contributed by atoms with Gasteiger partial charge >= 0.3 is 0 Å². The van der Waals surface area contributed by atoms with Crippen molar-refractivity contribution in [2.75, 3.05) is 33.3 Å². The standard InChI is InChI=1S/C16H26N2O/c1-14(15-6-8-16(19-2)9-7-15)17-10-5-13-18-11-3-4-12-18/h6-9,14,17H,3-5,10-13H2,1-2H3/t14-/m1/s1. The zero-order chi connectivity index (χ0) is 13.5. The number of hydrogen-bond acceptors (Lipinski definition) is 3. The highest BCUT2D eigenvalue weighted by Crippen LogP contribution is 2.17. The minimum Gasteiger partial charge on any atom is -0.497 e. The van der Waals surface area contributed by atoms with Crippen molar-refractivity contribution in [1.82, 2.24) is 10.2 Å². The number of benzene rings is 1. The van der Waals surface area contributed by atoms with Gasteiger partial charge in [0.1, 0.15) is 5.75 Å². The number of hydrogen-bond donors (Lipinski definition) is 1. The molecule has 0 unspecified atom stereocenters. The normalized spacial score (nSPS) is 17.6. The molecule has 1 aromatic carbocycles. The van der Waals surface area contributed by atoms with Gasteiger partial charge in [-0.2, -0.15) is 0 Å². The molecule has 1 atom stereocenters. The molecule has 3 nitrogen and oxygen atoms in total. The van der Waals surface area contributed by atoms with Crippen LogP contribution in [0.1, 0.15) is 37.8 Å². The molecule has 0 saturated carbocycles. The second kappa shape index (κ2) is 7.51. The third kappa shape index (κ3) is 4.51. The molecule has 1 heterocycles. The maximum absolute atomic E-state index is 5.18. The Morgan fingerprint density at radius 2 is 1.89 bits per heavy atom. The highest BCUT2D eigenvalue weighted by molar-refractivity contribution is 5.28. The predicted octanol–water partition coefficient (Wildman–Crippen LogP) is 2.83. The van der Waals surface area contributed by atoms with Gasteiger partial charge in [0.05, 0.1) is 7.11 Å². The van der Waals surface area contributed by atoms with E-state index in [-0.39, 0.29) is 0 Å². The molecule has 0 aliphatic carbocycles. The molecule has 2 rings (SSSR count). The van der Waals surface area contributed by atoms with Crippen molar-refractivity contribution in [3.63, 3.8) is 0 Å². The average molecular weight is 262 g/mol. The Morgan fingerprint density at radius 3 is 2.53 bits per heavy atom. The van der Waals surface area contributed by atoms with Gasteiger partial charge in [-0.1, -0.05) is 12.1 Å². The fourth-order valence-electron chi connectivity index (χ4n) is 2.64. The van der Waals surface area contributed by atoms with Crippen LogP contribution in [0, 0.1) is 0 Å². The molecule has 19 heavy (non-hydrogen) atoms. The zero-order valence-corrected chi connectivity index (χ0v) is 12.2. The van der Waals surface area contributed by atoms with Crippen LogP contribution in [0.4, 0.5) is 0 Å². The van der Waals surface area contributed by atoms with Gasteiger partial charge in [0.2, 0.25) is 0 Å². The predicted molar refractivity (Wildman–Crippen MR) is 79.7 cm³/mol. The number of nitrogens with zero attached hydrogens (tertiary/aromatic N) is 1. The van der Waals surface area contributed by atoms with E-state index in [4.69, 9.17) is 4.74 Å². The smallest absolute Gasteiger partial charge is 0.118 e. The van der Waals surface area contributed by atoms with Crippen LogP contribution in [-0.4, -0.2) is 38.2 Å². The molecule has 0 bridgehead atoms. The summed E-state index contributed by atoms with van der Waals surface area (Å²) in [7, 11) is 1.70. The van der Waals surface area contributed by atoms with E-state index in [9.17, 15) is 0 Å². The van der Waals surface area contributed by atoms with E-state index >= 15 is 0 Å². The largest absolute Gasteiger partial charge is 0.497 e. The lowest BCUT2D eigenvalue weighted by Crippen LogP contribution is -2.26. The highest BCUT2D eigenvalue weighted by atomic mass is 16.5. The van der Waals surface area contributed by atoms with Gasteiger partial charge in [-0.25, -0.2) is 0 Å². The lowest BCUT2D eigenvalue weighted by molar-refractivity contribution is 0.328. The fourth-order valence-corrected chi connectivity index (χ4v) is 2.64. The van der Waals surface area contributed by atoms with Gasteiger partial charge in [-0.15, -0.1) is 0 Å². The van der Waals surface area contributed by atoms with Gasteiger partial charge in [0.25, 0.3) is 0 Å². The molecule has 0 spiro atoms. The van der Waals surface area contributed by atoms with E-state index in [2.05, 4.69) is 29.3 Å². The van der Waals surface area contributed by atoms with Crippen molar-refractivity contribution in [3.05, 3.63) is 29.8 Å². The average Bonchev–Trinajstić information content (AvgIpc) is 2.96. The number of ether oxygens (including phenoxy) is 1. The molecular weight excluding hydrogens is 236 g/mol. The second-order valence-corrected chi connectivity index (χ2v) is 5.35. The number of nitrogens with one attached hydrogen (secondary N) is 1. The molecule has 0 amide bonds. The van der Waals surface area contributed by atoms with Gasteiger partial charge in [-0.3, -0.25) is 0 Å². The monoisotopic (exact) mass is 262 g/mol. The summed E-state index contributed by atoms with van der Waals surface area (Å²) in [6, 6.07) is 8.73. The lowest BCUT2D eigenvalue weighted by atomic mass is 10.1. The van der Waals surface area contributed by atoms with Crippen molar-refractivity contribution in [2.24, 2.45) is 0 Å². The summed E-state index contributed by atoms with van der Waals surface area (Å²) in [4.78, 5) is 2.57. The number of methoxy groups -OCH3 is 1. The van der Waals surface area contributed by atoms with Crippen LogP contribution in [0.15, 0.2) is 24.3 Å². The van der Waals surface area contributed by atoms with Crippen LogP contribution >= 0.6 is 0 Å². The molecule has 3 heteroatoms. The van der Waals surface area contributed by atoms with Gasteiger partial charge < -0.3 is 15.0 Å². The van der Waals surface area contributed by atoms with E-state index in [1.807, 2.05) is 12.1 Å². The summed E-state index contributed by atoms with van der Waals surface area (Å²) in [6.45, 7) is 7.14. The SMILES string of the molecule is COc1ccc([C@@H](C)NCCCN2CCCC2)cc1. The first-order chi connectivity index (χ1) is 9.29. The molecular formula is C16H26N2O. The maximum Gasteiger partial charge on any atom is 0.118 e.